The third kappa shape index (κ3) is 4.01. The maximum Gasteiger partial charge on any atom is 0.416 e. The van der Waals surface area contributed by atoms with Crippen molar-refractivity contribution in [3.8, 4) is 11.6 Å². The van der Waals surface area contributed by atoms with Gasteiger partial charge in [-0.25, -0.2) is 4.98 Å². The average Bonchev–Trinajstić information content (AvgIpc) is 2.40. The molecule has 2 aromatic rings. The maximum atomic E-state index is 12.6. The van der Waals surface area contributed by atoms with Gasteiger partial charge in [0.05, 0.1) is 5.56 Å². The molecule has 0 aliphatic heterocycles. The molecule has 0 amide bonds. The lowest BCUT2D eigenvalue weighted by Gasteiger charge is -2.10. The van der Waals surface area contributed by atoms with Crippen molar-refractivity contribution in [3.63, 3.8) is 0 Å². The highest BCUT2D eigenvalue weighted by atomic mass is 35.5. The minimum atomic E-state index is -4.55. The predicted molar refractivity (Wildman–Crippen MR) is 69.6 cm³/mol. The summed E-state index contributed by atoms with van der Waals surface area (Å²) in [6, 6.07) is 7.21. The van der Waals surface area contributed by atoms with Crippen molar-refractivity contribution >= 4 is 17.3 Å². The zero-order chi connectivity index (χ0) is 15.5. The smallest absolute Gasteiger partial charge is 0.416 e. The predicted octanol–water partition coefficient (Wildman–Crippen LogP) is 5.49. The van der Waals surface area contributed by atoms with Crippen molar-refractivity contribution < 1.29 is 17.9 Å². The molecule has 1 aromatic carbocycles. The lowest BCUT2D eigenvalue weighted by molar-refractivity contribution is -0.137. The first-order valence-corrected chi connectivity index (χ1v) is 5.84. The van der Waals surface area contributed by atoms with E-state index in [9.17, 15) is 13.2 Å². The van der Waals surface area contributed by atoms with E-state index < -0.39 is 11.7 Å². The Morgan fingerprint density at radius 1 is 1.19 bits per heavy atom. The fraction of sp³-hybridized carbons (Fsp3) is 0.0833. The van der Waals surface area contributed by atoms with Crippen LogP contribution >= 0.6 is 11.6 Å². The van der Waals surface area contributed by atoms with E-state index in [2.05, 4.69) is 15.0 Å². The summed E-state index contributed by atoms with van der Waals surface area (Å²) in [5.41, 5.74) is 7.65. The minimum absolute atomic E-state index is 0.231. The van der Waals surface area contributed by atoms with Crippen LogP contribution in [0.1, 0.15) is 5.56 Å². The van der Waals surface area contributed by atoms with E-state index in [1.807, 2.05) is 0 Å². The number of alkyl halides is 3. The number of hydrogen-bond acceptors (Lipinski definition) is 3. The molecule has 1 aromatic heterocycles. The minimum Gasteiger partial charge on any atom is -0.439 e. The van der Waals surface area contributed by atoms with Gasteiger partial charge in [0.15, 0.2) is 0 Å². The van der Waals surface area contributed by atoms with E-state index in [0.29, 0.717) is 11.8 Å². The normalized spacial score (nSPS) is 10.9. The molecule has 0 radical (unpaired) electrons. The van der Waals surface area contributed by atoms with E-state index in [-0.39, 0.29) is 16.8 Å². The van der Waals surface area contributed by atoms with Crippen molar-refractivity contribution in [1.29, 1.82) is 0 Å². The molecule has 1 heterocycles. The summed E-state index contributed by atoms with van der Waals surface area (Å²) in [5.74, 6) is -0.0545. The molecular weight excluding hydrogens is 309 g/mol. The van der Waals surface area contributed by atoms with Gasteiger partial charge in [0, 0.05) is 16.7 Å². The first-order chi connectivity index (χ1) is 9.88. The topological polar surface area (TPSA) is 70.9 Å². The van der Waals surface area contributed by atoms with Gasteiger partial charge in [0.1, 0.15) is 10.9 Å². The van der Waals surface area contributed by atoms with Gasteiger partial charge in [-0.15, -0.1) is 0 Å². The molecule has 2 rings (SSSR count). The van der Waals surface area contributed by atoms with Gasteiger partial charge in [0.25, 0.3) is 0 Å². The molecule has 9 heteroatoms. The Bertz CT molecular complexity index is 697. The molecular formula is C12H6ClF3N4O. The molecule has 5 nitrogen and oxygen atoms in total. The van der Waals surface area contributed by atoms with E-state index in [0.717, 1.165) is 6.07 Å². The van der Waals surface area contributed by atoms with Crippen molar-refractivity contribution in [2.24, 2.45) is 5.11 Å². The molecule has 21 heavy (non-hydrogen) atoms. The van der Waals surface area contributed by atoms with Crippen LogP contribution in [-0.2, 0) is 6.18 Å². The summed E-state index contributed by atoms with van der Waals surface area (Å²) in [6.07, 6.45) is -4.55. The summed E-state index contributed by atoms with van der Waals surface area (Å²) in [5, 5.41) is 3.03. The fourth-order valence-electron chi connectivity index (χ4n) is 1.44. The molecule has 0 aliphatic carbocycles. The van der Waals surface area contributed by atoms with Gasteiger partial charge in [0.2, 0.25) is 5.88 Å². The zero-order valence-electron chi connectivity index (χ0n) is 10.2. The number of hydrogen-bond donors (Lipinski definition) is 0. The second-order valence-electron chi connectivity index (χ2n) is 3.80. The SMILES string of the molecule is [N-]=[N+]=Nc1ccc(Oc2cc(C(F)(F)F)cc(Cl)n2)cc1. The Hall–Kier alpha value is -2.44. The Balaban J connectivity index is 2.27. The molecule has 0 fully saturated rings. The van der Waals surface area contributed by atoms with E-state index in [1.54, 1.807) is 0 Å². The average molecular weight is 315 g/mol. The summed E-state index contributed by atoms with van der Waals surface area (Å²) < 4.78 is 43.1. The highest BCUT2D eigenvalue weighted by Crippen LogP contribution is 2.33. The third-order valence-corrected chi connectivity index (χ3v) is 2.51. The lowest BCUT2D eigenvalue weighted by atomic mass is 10.2. The fourth-order valence-corrected chi connectivity index (χ4v) is 1.64. The van der Waals surface area contributed by atoms with Crippen LogP contribution in [0.15, 0.2) is 41.5 Å². The van der Waals surface area contributed by atoms with Crippen molar-refractivity contribution in [1.82, 2.24) is 4.98 Å². The number of aromatic nitrogens is 1. The van der Waals surface area contributed by atoms with Gasteiger partial charge in [-0.1, -0.05) is 16.7 Å². The highest BCUT2D eigenvalue weighted by Gasteiger charge is 2.31. The number of rotatable bonds is 3. The Morgan fingerprint density at radius 2 is 1.86 bits per heavy atom. The van der Waals surface area contributed by atoms with Crippen LogP contribution in [0.2, 0.25) is 5.15 Å². The molecule has 0 atom stereocenters. The molecule has 0 spiro atoms. The Labute approximate surface area is 121 Å². The Morgan fingerprint density at radius 3 is 2.43 bits per heavy atom. The zero-order valence-corrected chi connectivity index (χ0v) is 10.9. The number of ether oxygens (including phenoxy) is 1. The van der Waals surface area contributed by atoms with E-state index in [4.69, 9.17) is 21.9 Å². The number of azide groups is 1. The van der Waals surface area contributed by atoms with Gasteiger partial charge in [-0.3, -0.25) is 0 Å². The van der Waals surface area contributed by atoms with Crippen LogP contribution in [0.5, 0.6) is 11.6 Å². The largest absolute Gasteiger partial charge is 0.439 e. The van der Waals surface area contributed by atoms with Crippen LogP contribution in [-0.4, -0.2) is 4.98 Å². The second kappa shape index (κ2) is 5.90. The van der Waals surface area contributed by atoms with Crippen molar-refractivity contribution in [2.75, 3.05) is 0 Å². The number of pyridine rings is 1. The highest BCUT2D eigenvalue weighted by molar-refractivity contribution is 6.29. The quantitative estimate of drug-likeness (QED) is 0.325. The summed E-state index contributed by atoms with van der Waals surface area (Å²) in [7, 11) is 0. The van der Waals surface area contributed by atoms with E-state index in [1.165, 1.54) is 24.3 Å². The summed E-state index contributed by atoms with van der Waals surface area (Å²) >= 11 is 5.54. The first kappa shape index (κ1) is 15.0. The van der Waals surface area contributed by atoms with Gasteiger partial charge < -0.3 is 4.74 Å². The molecule has 0 unspecified atom stereocenters. The third-order valence-electron chi connectivity index (χ3n) is 2.32. The lowest BCUT2D eigenvalue weighted by Crippen LogP contribution is -2.05. The van der Waals surface area contributed by atoms with Gasteiger partial charge >= 0.3 is 6.18 Å². The summed E-state index contributed by atoms with van der Waals surface area (Å²) in [6.45, 7) is 0. The molecule has 0 bridgehead atoms. The molecule has 108 valence electrons. The second-order valence-corrected chi connectivity index (χ2v) is 4.19. The van der Waals surface area contributed by atoms with Crippen LogP contribution in [0, 0.1) is 0 Å². The van der Waals surface area contributed by atoms with E-state index >= 15 is 0 Å². The van der Waals surface area contributed by atoms with Crippen molar-refractivity contribution in [3.05, 3.63) is 57.6 Å². The van der Waals surface area contributed by atoms with Crippen molar-refractivity contribution in [2.45, 2.75) is 6.18 Å². The van der Waals surface area contributed by atoms with Crippen LogP contribution in [0.4, 0.5) is 18.9 Å². The number of halogens is 4. The number of benzene rings is 1. The molecule has 0 saturated carbocycles. The molecule has 0 aliphatic rings. The number of nitrogens with zero attached hydrogens (tertiary/aromatic N) is 4. The van der Waals surface area contributed by atoms with Crippen LogP contribution in [0.25, 0.3) is 10.4 Å². The van der Waals surface area contributed by atoms with Gasteiger partial charge in [-0.05, 0) is 35.9 Å². The van der Waals surface area contributed by atoms with Crippen LogP contribution < -0.4 is 4.74 Å². The standard InChI is InChI=1S/C12H6ClF3N4O/c13-10-5-7(12(14,15)16)6-11(18-10)21-9-3-1-8(2-4-9)19-20-17/h1-6H. The monoisotopic (exact) mass is 314 g/mol. The maximum absolute atomic E-state index is 12.6. The molecule has 0 N–H and O–H groups in total. The van der Waals surface area contributed by atoms with Gasteiger partial charge in [-0.2, -0.15) is 13.2 Å². The molecule has 0 saturated heterocycles. The first-order valence-electron chi connectivity index (χ1n) is 5.46. The van der Waals surface area contributed by atoms with Crippen LogP contribution in [0.3, 0.4) is 0 Å². The summed E-state index contributed by atoms with van der Waals surface area (Å²) in [4.78, 5) is 6.26. The Kier molecular flexibility index (Phi) is 4.21.